The fourth-order valence-electron chi connectivity index (χ4n) is 0.969. The first-order valence-corrected chi connectivity index (χ1v) is 4.36. The molecule has 0 aliphatic carbocycles. The summed E-state index contributed by atoms with van der Waals surface area (Å²) in [6, 6.07) is 0. The first kappa shape index (κ1) is 7.30. The Morgan fingerprint density at radius 3 is 3.17 bits per heavy atom. The highest BCUT2D eigenvalue weighted by atomic mass is 32.1. The summed E-state index contributed by atoms with van der Waals surface area (Å²) in [5, 5.41) is 8.28. The second-order valence-electron chi connectivity index (χ2n) is 2.40. The minimum absolute atomic E-state index is 0.0659. The number of nitrogens with one attached hydrogen (secondary N) is 1. The summed E-state index contributed by atoms with van der Waals surface area (Å²) in [5.74, 6) is 0. The highest BCUT2D eigenvalue weighted by Crippen LogP contribution is 1.97. The Hall–Kier alpha value is -1.36. The predicted molar refractivity (Wildman–Crippen MR) is 46.3 cm³/mol. The molecule has 2 aromatic heterocycles. The summed E-state index contributed by atoms with van der Waals surface area (Å²) in [7, 11) is 0. The smallest absolute Gasteiger partial charge is 0.301 e. The van der Waals surface area contributed by atoms with Crippen LogP contribution >= 0.6 is 11.3 Å². The van der Waals surface area contributed by atoms with Gasteiger partial charge in [-0.1, -0.05) is 11.3 Å². The van der Waals surface area contributed by atoms with Crippen LogP contribution in [0.2, 0.25) is 0 Å². The Morgan fingerprint density at radius 1 is 1.67 bits per heavy atom. The van der Waals surface area contributed by atoms with Gasteiger partial charge in [-0.2, -0.15) is 5.10 Å². The molecule has 0 unspecified atom stereocenters. The van der Waals surface area contributed by atoms with Crippen LogP contribution in [0.25, 0.3) is 0 Å². The predicted octanol–water partition coefficient (Wildman–Crippen LogP) is 0.681. The van der Waals surface area contributed by atoms with Crippen LogP contribution in [0.5, 0.6) is 0 Å². The van der Waals surface area contributed by atoms with E-state index in [1.807, 2.05) is 0 Å². The van der Waals surface area contributed by atoms with Crippen molar-refractivity contribution in [2.24, 2.45) is 0 Å². The standard InChI is InChI=1S/C7H7N3OS/c11-7-10(1-2-12-7)5-6-3-8-9-4-6/h1-4H,5H2,(H,8,9). The maximum Gasteiger partial charge on any atom is 0.307 e. The van der Waals surface area contributed by atoms with Crippen LogP contribution in [0.3, 0.4) is 0 Å². The largest absolute Gasteiger partial charge is 0.307 e. The molecule has 1 N–H and O–H groups in total. The highest BCUT2D eigenvalue weighted by Gasteiger charge is 1.98. The van der Waals surface area contributed by atoms with Crippen LogP contribution < -0.4 is 4.87 Å². The molecule has 0 spiro atoms. The van der Waals surface area contributed by atoms with E-state index in [0.29, 0.717) is 6.54 Å². The van der Waals surface area contributed by atoms with E-state index in [1.165, 1.54) is 11.3 Å². The van der Waals surface area contributed by atoms with Gasteiger partial charge in [0.1, 0.15) is 0 Å². The molecule has 0 bridgehead atoms. The third kappa shape index (κ3) is 1.31. The summed E-state index contributed by atoms with van der Waals surface area (Å²) < 4.78 is 1.65. The van der Waals surface area contributed by atoms with Gasteiger partial charge in [-0.15, -0.1) is 0 Å². The topological polar surface area (TPSA) is 50.7 Å². The van der Waals surface area contributed by atoms with Crippen LogP contribution in [-0.4, -0.2) is 14.8 Å². The van der Waals surface area contributed by atoms with Gasteiger partial charge in [0, 0.05) is 23.3 Å². The van der Waals surface area contributed by atoms with Crippen molar-refractivity contribution in [2.75, 3.05) is 0 Å². The van der Waals surface area contributed by atoms with Crippen LogP contribution in [-0.2, 0) is 6.54 Å². The normalized spacial score (nSPS) is 10.3. The van der Waals surface area contributed by atoms with E-state index in [9.17, 15) is 4.79 Å². The van der Waals surface area contributed by atoms with Crippen molar-refractivity contribution < 1.29 is 0 Å². The van der Waals surface area contributed by atoms with Crippen molar-refractivity contribution >= 4 is 11.3 Å². The maximum atomic E-state index is 11.1. The second-order valence-corrected chi connectivity index (χ2v) is 3.26. The maximum absolute atomic E-state index is 11.1. The molecule has 0 aliphatic rings. The summed E-state index contributed by atoms with van der Waals surface area (Å²) in [4.78, 5) is 11.2. The van der Waals surface area contributed by atoms with E-state index < -0.39 is 0 Å². The van der Waals surface area contributed by atoms with Crippen molar-refractivity contribution in [3.8, 4) is 0 Å². The molecule has 4 nitrogen and oxygen atoms in total. The molecular formula is C7H7N3OS. The SMILES string of the molecule is O=c1sccn1Cc1cn[nH]c1. The lowest BCUT2D eigenvalue weighted by molar-refractivity contribution is 0.784. The van der Waals surface area contributed by atoms with Gasteiger partial charge in [-0.3, -0.25) is 9.89 Å². The van der Waals surface area contributed by atoms with E-state index in [1.54, 1.807) is 28.5 Å². The number of hydrogen-bond donors (Lipinski definition) is 1. The van der Waals surface area contributed by atoms with E-state index in [0.717, 1.165) is 5.56 Å². The fourth-order valence-corrected chi connectivity index (χ4v) is 1.55. The van der Waals surface area contributed by atoms with E-state index >= 15 is 0 Å². The van der Waals surface area contributed by atoms with E-state index in [2.05, 4.69) is 10.2 Å². The number of aromatic nitrogens is 3. The molecule has 62 valence electrons. The van der Waals surface area contributed by atoms with Crippen molar-refractivity contribution in [1.82, 2.24) is 14.8 Å². The number of aromatic amines is 1. The lowest BCUT2D eigenvalue weighted by Gasteiger charge is -1.94. The Morgan fingerprint density at radius 2 is 2.58 bits per heavy atom. The van der Waals surface area contributed by atoms with Gasteiger partial charge in [0.25, 0.3) is 0 Å². The fraction of sp³-hybridized carbons (Fsp3) is 0.143. The number of nitrogens with zero attached hydrogens (tertiary/aromatic N) is 2. The molecule has 0 fully saturated rings. The zero-order chi connectivity index (χ0) is 8.39. The highest BCUT2D eigenvalue weighted by molar-refractivity contribution is 7.07. The molecule has 12 heavy (non-hydrogen) atoms. The van der Waals surface area contributed by atoms with Crippen molar-refractivity contribution in [3.05, 3.63) is 39.2 Å². The molecule has 0 saturated carbocycles. The number of H-pyrrole nitrogens is 1. The molecule has 5 heteroatoms. The number of hydrogen-bond acceptors (Lipinski definition) is 3. The zero-order valence-electron chi connectivity index (χ0n) is 6.23. The minimum Gasteiger partial charge on any atom is -0.301 e. The number of rotatable bonds is 2. The van der Waals surface area contributed by atoms with Gasteiger partial charge >= 0.3 is 4.87 Å². The van der Waals surface area contributed by atoms with Crippen molar-refractivity contribution in [3.63, 3.8) is 0 Å². The lowest BCUT2D eigenvalue weighted by atomic mass is 10.4. The van der Waals surface area contributed by atoms with Gasteiger partial charge < -0.3 is 4.57 Å². The van der Waals surface area contributed by atoms with Crippen molar-refractivity contribution in [1.29, 1.82) is 0 Å². The zero-order valence-corrected chi connectivity index (χ0v) is 7.04. The molecule has 0 radical (unpaired) electrons. The van der Waals surface area contributed by atoms with Crippen molar-refractivity contribution in [2.45, 2.75) is 6.54 Å². The average Bonchev–Trinajstić information content (AvgIpc) is 2.65. The monoisotopic (exact) mass is 181 g/mol. The van der Waals surface area contributed by atoms with Crippen LogP contribution in [0, 0.1) is 0 Å². The third-order valence-corrected chi connectivity index (χ3v) is 2.25. The molecule has 0 amide bonds. The quantitative estimate of drug-likeness (QED) is 0.740. The summed E-state index contributed by atoms with van der Waals surface area (Å²) in [6.07, 6.45) is 5.27. The molecule has 0 saturated heterocycles. The molecular weight excluding hydrogens is 174 g/mol. The third-order valence-electron chi connectivity index (χ3n) is 1.55. The summed E-state index contributed by atoms with van der Waals surface area (Å²) in [5.41, 5.74) is 1.01. The van der Waals surface area contributed by atoms with Crippen LogP contribution in [0.15, 0.2) is 28.8 Å². The van der Waals surface area contributed by atoms with Gasteiger partial charge in [0.2, 0.25) is 0 Å². The van der Waals surface area contributed by atoms with E-state index in [4.69, 9.17) is 0 Å². The average molecular weight is 181 g/mol. The minimum atomic E-state index is 0.0659. The Labute approximate surface area is 72.5 Å². The Bertz CT molecular complexity index is 400. The molecule has 0 aromatic carbocycles. The Kier molecular flexibility index (Phi) is 1.79. The molecule has 2 heterocycles. The van der Waals surface area contributed by atoms with Gasteiger partial charge in [0.05, 0.1) is 12.7 Å². The molecule has 2 rings (SSSR count). The summed E-state index contributed by atoms with van der Waals surface area (Å²) >= 11 is 1.20. The summed E-state index contributed by atoms with van der Waals surface area (Å²) in [6.45, 7) is 0.596. The van der Waals surface area contributed by atoms with Gasteiger partial charge in [-0.05, 0) is 0 Å². The molecule has 0 aliphatic heterocycles. The van der Waals surface area contributed by atoms with E-state index in [-0.39, 0.29) is 4.87 Å². The van der Waals surface area contributed by atoms with Gasteiger partial charge in [-0.25, -0.2) is 0 Å². The molecule has 2 aromatic rings. The molecule has 0 atom stereocenters. The van der Waals surface area contributed by atoms with Crippen LogP contribution in [0.4, 0.5) is 0 Å². The first-order valence-electron chi connectivity index (χ1n) is 3.48. The second kappa shape index (κ2) is 2.94. The number of thiazole rings is 1. The Balaban J connectivity index is 2.25. The lowest BCUT2D eigenvalue weighted by Crippen LogP contribution is -2.11. The first-order chi connectivity index (χ1) is 5.86. The van der Waals surface area contributed by atoms with Gasteiger partial charge in [0.15, 0.2) is 0 Å². The van der Waals surface area contributed by atoms with Crippen LogP contribution in [0.1, 0.15) is 5.56 Å².